The fraction of sp³-hybridized carbons (Fsp3) is 0.727. The molecule has 1 rings (SSSR count). The van der Waals surface area contributed by atoms with Crippen molar-refractivity contribution in [3.63, 3.8) is 0 Å². The van der Waals surface area contributed by atoms with Crippen molar-refractivity contribution in [1.82, 2.24) is 15.1 Å². The van der Waals surface area contributed by atoms with E-state index in [0.29, 0.717) is 18.0 Å². The molecule has 1 heterocycles. The summed E-state index contributed by atoms with van der Waals surface area (Å²) in [6.07, 6.45) is 1.99. The van der Waals surface area contributed by atoms with Crippen molar-refractivity contribution in [1.29, 1.82) is 0 Å². The Kier molecular flexibility index (Phi) is 3.69. The van der Waals surface area contributed by atoms with Crippen molar-refractivity contribution in [2.45, 2.75) is 45.7 Å². The minimum Gasteiger partial charge on any atom is -0.311 e. The number of aryl methyl sites for hydroxylation is 1. The predicted octanol–water partition coefficient (Wildman–Crippen LogP) is 1.91. The number of rotatable bonds is 4. The minimum atomic E-state index is 0.457. The summed E-state index contributed by atoms with van der Waals surface area (Å²) >= 11 is 0. The van der Waals surface area contributed by atoms with E-state index in [1.807, 2.05) is 17.9 Å². The molecule has 3 heteroatoms. The second-order valence-corrected chi connectivity index (χ2v) is 4.31. The maximum Gasteiger partial charge on any atom is 0.0668 e. The van der Waals surface area contributed by atoms with E-state index in [1.54, 1.807) is 0 Å². The molecule has 0 bridgehead atoms. The van der Waals surface area contributed by atoms with Gasteiger partial charge in [0.25, 0.3) is 0 Å². The van der Waals surface area contributed by atoms with E-state index in [0.717, 1.165) is 5.69 Å². The zero-order chi connectivity index (χ0) is 10.7. The first-order valence-corrected chi connectivity index (χ1v) is 5.26. The van der Waals surface area contributed by atoms with Gasteiger partial charge in [-0.1, -0.05) is 20.8 Å². The van der Waals surface area contributed by atoms with E-state index >= 15 is 0 Å². The number of nitrogens with zero attached hydrogens (tertiary/aromatic N) is 2. The van der Waals surface area contributed by atoms with Crippen LogP contribution >= 0.6 is 0 Å². The van der Waals surface area contributed by atoms with Crippen molar-refractivity contribution < 1.29 is 0 Å². The lowest BCUT2D eigenvalue weighted by molar-refractivity contribution is 0.432. The van der Waals surface area contributed by atoms with Crippen LogP contribution in [0.2, 0.25) is 0 Å². The summed E-state index contributed by atoms with van der Waals surface area (Å²) in [5, 5.41) is 7.92. The lowest BCUT2D eigenvalue weighted by Crippen LogP contribution is -2.36. The van der Waals surface area contributed by atoms with Crippen molar-refractivity contribution in [3.8, 4) is 0 Å². The average molecular weight is 195 g/mol. The molecule has 3 nitrogen and oxygen atoms in total. The number of hydrogen-bond acceptors (Lipinski definition) is 2. The van der Waals surface area contributed by atoms with Crippen LogP contribution in [0.1, 0.15) is 39.3 Å². The first-order valence-electron chi connectivity index (χ1n) is 5.26. The zero-order valence-corrected chi connectivity index (χ0v) is 9.78. The average Bonchev–Trinajstić information content (AvgIpc) is 2.49. The summed E-state index contributed by atoms with van der Waals surface area (Å²) in [4.78, 5) is 0. The quantitative estimate of drug-likeness (QED) is 0.795. The zero-order valence-electron chi connectivity index (χ0n) is 9.78. The highest BCUT2D eigenvalue weighted by atomic mass is 15.2. The van der Waals surface area contributed by atoms with Crippen molar-refractivity contribution in [2.24, 2.45) is 7.05 Å². The molecule has 80 valence electrons. The van der Waals surface area contributed by atoms with Crippen molar-refractivity contribution in [2.75, 3.05) is 0 Å². The van der Waals surface area contributed by atoms with Gasteiger partial charge in [0.05, 0.1) is 5.69 Å². The van der Waals surface area contributed by atoms with Gasteiger partial charge < -0.3 is 5.32 Å². The highest BCUT2D eigenvalue weighted by molar-refractivity contribution is 5.07. The third-order valence-electron chi connectivity index (χ3n) is 2.55. The third-order valence-corrected chi connectivity index (χ3v) is 2.55. The van der Waals surface area contributed by atoms with Crippen LogP contribution in [0, 0.1) is 0 Å². The van der Waals surface area contributed by atoms with Gasteiger partial charge in [0, 0.05) is 31.2 Å². The number of nitrogens with one attached hydrogen (secondary N) is 1. The number of aromatic nitrogens is 2. The molecule has 1 aromatic heterocycles. The molecule has 1 N–H and O–H groups in total. The molecule has 0 aromatic carbocycles. The molecule has 0 fully saturated rings. The van der Waals surface area contributed by atoms with Crippen LogP contribution in [0.25, 0.3) is 0 Å². The first-order chi connectivity index (χ1) is 6.50. The second-order valence-electron chi connectivity index (χ2n) is 4.31. The van der Waals surface area contributed by atoms with Gasteiger partial charge >= 0.3 is 0 Å². The molecule has 2 atom stereocenters. The summed E-state index contributed by atoms with van der Waals surface area (Å²) in [5.74, 6) is 0.457. The van der Waals surface area contributed by atoms with Crippen molar-refractivity contribution in [3.05, 3.63) is 18.0 Å². The van der Waals surface area contributed by atoms with Crippen LogP contribution in [0.5, 0.6) is 0 Å². The summed E-state index contributed by atoms with van der Waals surface area (Å²) < 4.78 is 1.86. The van der Waals surface area contributed by atoms with Gasteiger partial charge in [-0.05, 0) is 13.0 Å². The summed E-state index contributed by atoms with van der Waals surface area (Å²) in [7, 11) is 1.96. The van der Waals surface area contributed by atoms with E-state index in [1.165, 1.54) is 0 Å². The molecule has 0 aliphatic heterocycles. The maximum atomic E-state index is 4.42. The maximum absolute atomic E-state index is 4.42. The Hall–Kier alpha value is -0.830. The first kappa shape index (κ1) is 11.2. The van der Waals surface area contributed by atoms with Gasteiger partial charge in [0.1, 0.15) is 0 Å². The lowest BCUT2D eigenvalue weighted by atomic mass is 9.99. The molecule has 0 aliphatic rings. The topological polar surface area (TPSA) is 29.9 Å². The molecular formula is C11H21N3. The second kappa shape index (κ2) is 4.60. The van der Waals surface area contributed by atoms with Crippen LogP contribution in [0.3, 0.4) is 0 Å². The van der Waals surface area contributed by atoms with Crippen LogP contribution < -0.4 is 5.32 Å². The molecule has 0 radical (unpaired) electrons. The monoisotopic (exact) mass is 195 g/mol. The smallest absolute Gasteiger partial charge is 0.0668 e. The molecule has 0 saturated heterocycles. The normalized spacial score (nSPS) is 15.9. The van der Waals surface area contributed by atoms with Gasteiger partial charge in [-0.3, -0.25) is 4.68 Å². The molecule has 2 unspecified atom stereocenters. The Balaban J connectivity index is 2.60. The fourth-order valence-corrected chi connectivity index (χ4v) is 1.60. The molecule has 0 aliphatic carbocycles. The molecule has 0 saturated carbocycles. The molecule has 0 spiro atoms. The highest BCUT2D eigenvalue weighted by Gasteiger charge is 2.16. The van der Waals surface area contributed by atoms with Crippen molar-refractivity contribution >= 4 is 0 Å². The van der Waals surface area contributed by atoms with Crippen LogP contribution in [0.4, 0.5) is 0 Å². The summed E-state index contributed by atoms with van der Waals surface area (Å²) in [6.45, 7) is 8.75. The number of hydrogen-bond donors (Lipinski definition) is 1. The Bertz CT molecular complexity index is 278. The van der Waals surface area contributed by atoms with Crippen LogP contribution in [-0.2, 0) is 7.05 Å². The standard InChI is InChI=1S/C11H21N3/c1-8(2)12-10(4)9(3)11-6-7-14(5)13-11/h6-10,12H,1-5H3. The van der Waals surface area contributed by atoms with Crippen LogP contribution in [-0.4, -0.2) is 21.9 Å². The van der Waals surface area contributed by atoms with Gasteiger partial charge in [-0.25, -0.2) is 0 Å². The Morgan fingerprint density at radius 1 is 1.29 bits per heavy atom. The lowest BCUT2D eigenvalue weighted by Gasteiger charge is -2.22. The minimum absolute atomic E-state index is 0.457. The highest BCUT2D eigenvalue weighted by Crippen LogP contribution is 2.16. The van der Waals surface area contributed by atoms with Crippen LogP contribution in [0.15, 0.2) is 12.3 Å². The van der Waals surface area contributed by atoms with Gasteiger partial charge in [0.15, 0.2) is 0 Å². The summed E-state index contributed by atoms with van der Waals surface area (Å²) in [5.41, 5.74) is 1.16. The van der Waals surface area contributed by atoms with E-state index in [4.69, 9.17) is 0 Å². The fourth-order valence-electron chi connectivity index (χ4n) is 1.60. The van der Waals surface area contributed by atoms with Gasteiger partial charge in [-0.15, -0.1) is 0 Å². The van der Waals surface area contributed by atoms with Gasteiger partial charge in [-0.2, -0.15) is 5.10 Å². The Labute approximate surface area is 86.5 Å². The van der Waals surface area contributed by atoms with E-state index in [9.17, 15) is 0 Å². The van der Waals surface area contributed by atoms with E-state index < -0.39 is 0 Å². The van der Waals surface area contributed by atoms with E-state index in [2.05, 4.69) is 44.2 Å². The summed E-state index contributed by atoms with van der Waals surface area (Å²) in [6, 6.07) is 3.07. The molecule has 14 heavy (non-hydrogen) atoms. The Morgan fingerprint density at radius 2 is 1.93 bits per heavy atom. The molecular weight excluding hydrogens is 174 g/mol. The third kappa shape index (κ3) is 2.84. The van der Waals surface area contributed by atoms with Gasteiger partial charge in [0.2, 0.25) is 0 Å². The Morgan fingerprint density at radius 3 is 2.36 bits per heavy atom. The molecule has 0 amide bonds. The van der Waals surface area contributed by atoms with E-state index in [-0.39, 0.29) is 0 Å². The largest absolute Gasteiger partial charge is 0.311 e. The molecule has 1 aromatic rings. The SMILES string of the molecule is CC(C)NC(C)C(C)c1ccn(C)n1. The predicted molar refractivity (Wildman–Crippen MR) is 59.4 cm³/mol.